The Bertz CT molecular complexity index is 339. The Kier molecular flexibility index (Phi) is 6.56. The highest BCUT2D eigenvalue weighted by molar-refractivity contribution is 6.31. The van der Waals surface area contributed by atoms with Gasteiger partial charge in [-0.3, -0.25) is 11.3 Å². The Balaban J connectivity index is 2.56. The van der Waals surface area contributed by atoms with Crippen molar-refractivity contribution in [1.82, 2.24) is 5.43 Å². The molecule has 0 aliphatic heterocycles. The Morgan fingerprint density at radius 2 is 2.06 bits per heavy atom. The second kappa shape index (κ2) is 7.70. The van der Waals surface area contributed by atoms with Crippen molar-refractivity contribution in [3.05, 3.63) is 34.3 Å². The van der Waals surface area contributed by atoms with Gasteiger partial charge < -0.3 is 0 Å². The molecule has 0 bridgehead atoms. The second-order valence-corrected chi connectivity index (χ2v) is 4.98. The average molecular weight is 255 g/mol. The first-order valence-electron chi connectivity index (χ1n) is 6.41. The van der Waals surface area contributed by atoms with E-state index in [0.717, 1.165) is 17.0 Å². The molecule has 1 aromatic carbocycles. The zero-order chi connectivity index (χ0) is 12.7. The molecule has 96 valence electrons. The third kappa shape index (κ3) is 4.66. The summed E-state index contributed by atoms with van der Waals surface area (Å²) < 4.78 is 0. The van der Waals surface area contributed by atoms with E-state index in [0.29, 0.717) is 0 Å². The van der Waals surface area contributed by atoms with Crippen LogP contribution in [0.4, 0.5) is 0 Å². The molecule has 3 N–H and O–H groups in total. The van der Waals surface area contributed by atoms with Crippen LogP contribution in [0.25, 0.3) is 0 Å². The molecule has 0 radical (unpaired) electrons. The van der Waals surface area contributed by atoms with Crippen LogP contribution in [0, 0.1) is 6.92 Å². The third-order valence-corrected chi connectivity index (χ3v) is 3.55. The van der Waals surface area contributed by atoms with Gasteiger partial charge >= 0.3 is 0 Å². The van der Waals surface area contributed by atoms with Crippen molar-refractivity contribution >= 4 is 11.6 Å². The van der Waals surface area contributed by atoms with E-state index in [9.17, 15) is 0 Å². The summed E-state index contributed by atoms with van der Waals surface area (Å²) in [5.74, 6) is 5.61. The molecule has 0 saturated heterocycles. The minimum Gasteiger partial charge on any atom is -0.271 e. The summed E-state index contributed by atoms with van der Waals surface area (Å²) in [5, 5.41) is 0.816. The van der Waals surface area contributed by atoms with Gasteiger partial charge in [0.25, 0.3) is 0 Å². The predicted octanol–water partition coefficient (Wildman–Crippen LogP) is 4.12. The molecule has 0 saturated carbocycles. The molecule has 0 aromatic heterocycles. The number of halogens is 1. The molecule has 1 aromatic rings. The lowest BCUT2D eigenvalue weighted by Crippen LogP contribution is -2.28. The molecular weight excluding hydrogens is 232 g/mol. The molecule has 3 heteroatoms. The SMILES string of the molecule is CCCCCCC(NN)c1ccc(C)c(Cl)c1. The highest BCUT2D eigenvalue weighted by Crippen LogP contribution is 2.24. The van der Waals surface area contributed by atoms with E-state index < -0.39 is 0 Å². The number of aryl methyl sites for hydroxylation is 1. The van der Waals surface area contributed by atoms with Crippen molar-refractivity contribution in [2.24, 2.45) is 5.84 Å². The monoisotopic (exact) mass is 254 g/mol. The van der Waals surface area contributed by atoms with Gasteiger partial charge in [-0.25, -0.2) is 0 Å². The normalized spacial score (nSPS) is 12.7. The van der Waals surface area contributed by atoms with Crippen LogP contribution in [0.1, 0.15) is 56.2 Å². The fourth-order valence-electron chi connectivity index (χ4n) is 1.95. The van der Waals surface area contributed by atoms with E-state index >= 15 is 0 Å². The average Bonchev–Trinajstić information content (AvgIpc) is 2.33. The summed E-state index contributed by atoms with van der Waals surface area (Å²) in [7, 11) is 0. The third-order valence-electron chi connectivity index (χ3n) is 3.15. The first kappa shape index (κ1) is 14.5. The van der Waals surface area contributed by atoms with Gasteiger partial charge in [0.1, 0.15) is 0 Å². The van der Waals surface area contributed by atoms with Crippen LogP contribution < -0.4 is 11.3 Å². The molecular formula is C14H23ClN2. The Labute approximate surface area is 110 Å². The van der Waals surface area contributed by atoms with Crippen LogP contribution in [0.15, 0.2) is 18.2 Å². The van der Waals surface area contributed by atoms with Gasteiger partial charge in [-0.1, -0.05) is 56.3 Å². The summed E-state index contributed by atoms with van der Waals surface area (Å²) in [6, 6.07) is 6.38. The lowest BCUT2D eigenvalue weighted by Gasteiger charge is -2.17. The molecule has 0 spiro atoms. The van der Waals surface area contributed by atoms with Crippen molar-refractivity contribution in [2.45, 2.75) is 52.0 Å². The van der Waals surface area contributed by atoms with Gasteiger partial charge in [0.05, 0.1) is 0 Å². The van der Waals surface area contributed by atoms with Crippen LogP contribution in [-0.4, -0.2) is 0 Å². The maximum absolute atomic E-state index is 6.13. The molecule has 0 aliphatic carbocycles. The van der Waals surface area contributed by atoms with Gasteiger partial charge in [-0.05, 0) is 30.5 Å². The quantitative estimate of drug-likeness (QED) is 0.436. The van der Waals surface area contributed by atoms with Gasteiger partial charge in [-0.2, -0.15) is 0 Å². The van der Waals surface area contributed by atoms with Gasteiger partial charge in [0.15, 0.2) is 0 Å². The molecule has 1 rings (SSSR count). The number of unbranched alkanes of at least 4 members (excludes halogenated alkanes) is 3. The van der Waals surface area contributed by atoms with E-state index in [4.69, 9.17) is 17.4 Å². The van der Waals surface area contributed by atoms with Crippen LogP contribution in [0.5, 0.6) is 0 Å². The smallest absolute Gasteiger partial charge is 0.0460 e. The minimum absolute atomic E-state index is 0.213. The minimum atomic E-state index is 0.213. The number of rotatable bonds is 7. The summed E-state index contributed by atoms with van der Waals surface area (Å²) in [4.78, 5) is 0. The molecule has 0 heterocycles. The topological polar surface area (TPSA) is 38.0 Å². The number of hydrogen-bond acceptors (Lipinski definition) is 2. The number of benzene rings is 1. The van der Waals surface area contributed by atoms with E-state index in [1.165, 1.54) is 31.2 Å². The fourth-order valence-corrected chi connectivity index (χ4v) is 2.14. The maximum Gasteiger partial charge on any atom is 0.0460 e. The summed E-state index contributed by atoms with van der Waals surface area (Å²) >= 11 is 6.13. The first-order valence-corrected chi connectivity index (χ1v) is 6.79. The second-order valence-electron chi connectivity index (χ2n) is 4.58. The Morgan fingerprint density at radius 1 is 1.29 bits per heavy atom. The summed E-state index contributed by atoms with van der Waals surface area (Å²) in [6.45, 7) is 4.23. The summed E-state index contributed by atoms with van der Waals surface area (Å²) in [6.07, 6.45) is 6.10. The molecule has 1 atom stereocenters. The zero-order valence-electron chi connectivity index (χ0n) is 10.8. The molecule has 1 unspecified atom stereocenters. The first-order chi connectivity index (χ1) is 8.19. The zero-order valence-corrected chi connectivity index (χ0v) is 11.6. The van der Waals surface area contributed by atoms with E-state index in [1.807, 2.05) is 19.1 Å². The highest BCUT2D eigenvalue weighted by Gasteiger charge is 2.10. The van der Waals surface area contributed by atoms with E-state index in [-0.39, 0.29) is 6.04 Å². The Morgan fingerprint density at radius 3 is 2.65 bits per heavy atom. The number of hydrazine groups is 1. The van der Waals surface area contributed by atoms with E-state index in [2.05, 4.69) is 18.4 Å². The Hall–Kier alpha value is -0.570. The van der Waals surface area contributed by atoms with Crippen LogP contribution >= 0.6 is 11.6 Å². The van der Waals surface area contributed by atoms with Crippen molar-refractivity contribution in [1.29, 1.82) is 0 Å². The highest BCUT2D eigenvalue weighted by atomic mass is 35.5. The molecule has 0 fully saturated rings. The number of nitrogens with one attached hydrogen (secondary N) is 1. The maximum atomic E-state index is 6.13. The molecule has 0 aliphatic rings. The van der Waals surface area contributed by atoms with Crippen LogP contribution in [-0.2, 0) is 0 Å². The standard InChI is InChI=1S/C14H23ClN2/c1-3-4-5-6-7-14(17-16)12-9-8-11(2)13(15)10-12/h8-10,14,17H,3-7,16H2,1-2H3. The van der Waals surface area contributed by atoms with Crippen LogP contribution in [0.2, 0.25) is 5.02 Å². The molecule has 0 amide bonds. The fraction of sp³-hybridized carbons (Fsp3) is 0.571. The molecule has 2 nitrogen and oxygen atoms in total. The number of hydrogen-bond donors (Lipinski definition) is 2. The lowest BCUT2D eigenvalue weighted by molar-refractivity contribution is 0.482. The van der Waals surface area contributed by atoms with Crippen molar-refractivity contribution in [3.63, 3.8) is 0 Å². The van der Waals surface area contributed by atoms with Crippen LogP contribution in [0.3, 0.4) is 0 Å². The molecule has 17 heavy (non-hydrogen) atoms. The van der Waals surface area contributed by atoms with Gasteiger partial charge in [0, 0.05) is 11.1 Å². The number of nitrogens with two attached hydrogens (primary N) is 1. The van der Waals surface area contributed by atoms with Gasteiger partial charge in [-0.15, -0.1) is 0 Å². The predicted molar refractivity (Wildman–Crippen MR) is 75.0 cm³/mol. The van der Waals surface area contributed by atoms with E-state index in [1.54, 1.807) is 0 Å². The summed E-state index contributed by atoms with van der Waals surface area (Å²) in [5.41, 5.74) is 5.17. The lowest BCUT2D eigenvalue weighted by atomic mass is 9.99. The largest absolute Gasteiger partial charge is 0.271 e. The van der Waals surface area contributed by atoms with Crippen molar-refractivity contribution < 1.29 is 0 Å². The van der Waals surface area contributed by atoms with Crippen molar-refractivity contribution in [3.8, 4) is 0 Å². The van der Waals surface area contributed by atoms with Gasteiger partial charge in [0.2, 0.25) is 0 Å². The van der Waals surface area contributed by atoms with Crippen molar-refractivity contribution in [2.75, 3.05) is 0 Å².